The first kappa shape index (κ1) is 13.6. The van der Waals surface area contributed by atoms with Crippen LogP contribution in [0.4, 0.5) is 5.95 Å². The predicted molar refractivity (Wildman–Crippen MR) is 81.4 cm³/mol. The molecule has 0 aromatic carbocycles. The summed E-state index contributed by atoms with van der Waals surface area (Å²) in [6.45, 7) is 5.75. The molecule has 6 heteroatoms. The van der Waals surface area contributed by atoms with Gasteiger partial charge in [-0.2, -0.15) is 4.98 Å². The zero-order valence-electron chi connectivity index (χ0n) is 11.7. The van der Waals surface area contributed by atoms with E-state index in [-0.39, 0.29) is 0 Å². The number of likely N-dealkylation sites (tertiary alicyclic amines) is 1. The summed E-state index contributed by atoms with van der Waals surface area (Å²) in [5.74, 6) is 0.696. The minimum absolute atomic E-state index is 0.469. The molecule has 0 radical (unpaired) electrons. The smallest absolute Gasteiger partial charge is 0.243 e. The molecule has 0 spiro atoms. The van der Waals surface area contributed by atoms with E-state index in [1.807, 2.05) is 12.1 Å². The maximum Gasteiger partial charge on any atom is 0.243 e. The third-order valence-electron chi connectivity index (χ3n) is 3.76. The summed E-state index contributed by atoms with van der Waals surface area (Å²) >= 11 is 5.95. The van der Waals surface area contributed by atoms with Gasteiger partial charge in [0.1, 0.15) is 0 Å². The van der Waals surface area contributed by atoms with Gasteiger partial charge in [-0.25, -0.2) is 4.52 Å². The zero-order chi connectivity index (χ0) is 13.9. The summed E-state index contributed by atoms with van der Waals surface area (Å²) in [5.41, 5.74) is 0.820. The van der Waals surface area contributed by atoms with E-state index in [9.17, 15) is 0 Å². The van der Waals surface area contributed by atoms with Gasteiger partial charge in [-0.3, -0.25) is 0 Å². The minimum atomic E-state index is 0.469. The molecule has 108 valence electrons. The number of hydrogen-bond donors (Lipinski definition) is 1. The normalized spacial score (nSPS) is 17.7. The van der Waals surface area contributed by atoms with E-state index in [1.54, 1.807) is 10.7 Å². The van der Waals surface area contributed by atoms with Crippen molar-refractivity contribution in [3.05, 3.63) is 23.4 Å². The highest BCUT2D eigenvalue weighted by molar-refractivity contribution is 6.30. The second-order valence-corrected chi connectivity index (χ2v) is 5.78. The van der Waals surface area contributed by atoms with Gasteiger partial charge in [0, 0.05) is 25.3 Å². The Balaban J connectivity index is 1.62. The highest BCUT2D eigenvalue weighted by atomic mass is 35.5. The first-order chi connectivity index (χ1) is 9.74. The van der Waals surface area contributed by atoms with Crippen LogP contribution in [0, 0.1) is 0 Å². The Kier molecular flexibility index (Phi) is 4.08. The van der Waals surface area contributed by atoms with Gasteiger partial charge < -0.3 is 10.2 Å². The third-order valence-corrected chi connectivity index (χ3v) is 3.98. The largest absolute Gasteiger partial charge is 0.350 e. The molecule has 0 aliphatic carbocycles. The molecule has 1 N–H and O–H groups in total. The van der Waals surface area contributed by atoms with Gasteiger partial charge in [-0.05, 0) is 37.9 Å². The molecule has 0 bridgehead atoms. The molecule has 1 aliphatic rings. The molecule has 0 atom stereocenters. The fraction of sp³-hybridized carbons (Fsp3) is 0.571. The van der Waals surface area contributed by atoms with Crippen LogP contribution in [0.1, 0.15) is 26.2 Å². The average molecular weight is 294 g/mol. The molecule has 1 saturated heterocycles. The number of anilines is 1. The van der Waals surface area contributed by atoms with Crippen molar-refractivity contribution in [2.24, 2.45) is 0 Å². The lowest BCUT2D eigenvalue weighted by molar-refractivity contribution is 0.219. The topological polar surface area (TPSA) is 45.5 Å². The molecule has 1 fully saturated rings. The molecule has 2 aromatic heterocycles. The highest BCUT2D eigenvalue weighted by Crippen LogP contribution is 2.16. The Morgan fingerprint density at radius 3 is 2.90 bits per heavy atom. The summed E-state index contributed by atoms with van der Waals surface area (Å²) < 4.78 is 1.72. The Labute approximate surface area is 123 Å². The fourth-order valence-corrected chi connectivity index (χ4v) is 2.87. The van der Waals surface area contributed by atoms with Crippen molar-refractivity contribution in [1.29, 1.82) is 0 Å². The predicted octanol–water partition coefficient (Wildman–Crippen LogP) is 2.67. The van der Waals surface area contributed by atoms with Crippen molar-refractivity contribution in [3.8, 4) is 0 Å². The lowest BCUT2D eigenvalue weighted by Gasteiger charge is -2.31. The van der Waals surface area contributed by atoms with Crippen LogP contribution >= 0.6 is 11.6 Å². The van der Waals surface area contributed by atoms with Crippen LogP contribution in [0.5, 0.6) is 0 Å². The van der Waals surface area contributed by atoms with Crippen molar-refractivity contribution < 1.29 is 0 Å². The molecular formula is C14H20ClN5. The van der Waals surface area contributed by atoms with Crippen molar-refractivity contribution >= 4 is 23.2 Å². The van der Waals surface area contributed by atoms with Gasteiger partial charge in [-0.15, -0.1) is 5.10 Å². The number of hydrogen-bond acceptors (Lipinski definition) is 4. The van der Waals surface area contributed by atoms with E-state index in [0.717, 1.165) is 31.6 Å². The van der Waals surface area contributed by atoms with E-state index in [4.69, 9.17) is 11.6 Å². The molecule has 3 rings (SSSR count). The van der Waals surface area contributed by atoms with E-state index in [2.05, 4.69) is 27.2 Å². The first-order valence-electron chi connectivity index (χ1n) is 7.25. The fourth-order valence-electron chi connectivity index (χ4n) is 2.72. The molecule has 0 unspecified atom stereocenters. The molecule has 20 heavy (non-hydrogen) atoms. The number of aromatic nitrogens is 3. The van der Waals surface area contributed by atoms with Gasteiger partial charge in [0.15, 0.2) is 5.65 Å². The van der Waals surface area contributed by atoms with Crippen LogP contribution in [0.15, 0.2) is 18.3 Å². The standard InChI is InChI=1S/C14H20ClN5/c1-2-7-19-8-5-12(6-9-19)16-14-17-13-4-3-11(15)10-20(13)18-14/h3-4,10,12H,2,5-9H2,1H3,(H,16,18). The number of fused-ring (bicyclic) bond motifs is 1. The minimum Gasteiger partial charge on any atom is -0.350 e. The van der Waals surface area contributed by atoms with Crippen molar-refractivity contribution in [2.45, 2.75) is 32.2 Å². The SMILES string of the molecule is CCCN1CCC(Nc2nc3ccc(Cl)cn3n2)CC1. The van der Waals surface area contributed by atoms with Crippen molar-refractivity contribution in [2.75, 3.05) is 25.0 Å². The maximum atomic E-state index is 5.95. The van der Waals surface area contributed by atoms with Gasteiger partial charge in [-0.1, -0.05) is 18.5 Å². The maximum absolute atomic E-state index is 5.95. The van der Waals surface area contributed by atoms with Crippen LogP contribution in [-0.2, 0) is 0 Å². The lowest BCUT2D eigenvalue weighted by Crippen LogP contribution is -2.39. The molecule has 0 amide bonds. The number of halogens is 1. The molecular weight excluding hydrogens is 274 g/mol. The second kappa shape index (κ2) is 5.97. The zero-order valence-corrected chi connectivity index (χ0v) is 12.5. The first-order valence-corrected chi connectivity index (χ1v) is 7.63. The van der Waals surface area contributed by atoms with Crippen molar-refractivity contribution in [3.63, 3.8) is 0 Å². The summed E-state index contributed by atoms with van der Waals surface area (Å²) in [5, 5.41) is 8.53. The second-order valence-electron chi connectivity index (χ2n) is 5.35. The summed E-state index contributed by atoms with van der Waals surface area (Å²) in [6.07, 6.45) is 5.30. The van der Waals surface area contributed by atoms with Gasteiger partial charge in [0.2, 0.25) is 5.95 Å². The van der Waals surface area contributed by atoms with E-state index >= 15 is 0 Å². The number of nitrogens with zero attached hydrogens (tertiary/aromatic N) is 4. The van der Waals surface area contributed by atoms with Crippen LogP contribution in [0.2, 0.25) is 5.02 Å². The quantitative estimate of drug-likeness (QED) is 0.941. The Morgan fingerprint density at radius 2 is 2.15 bits per heavy atom. The van der Waals surface area contributed by atoms with Gasteiger partial charge in [0.05, 0.1) is 5.02 Å². The Bertz CT molecular complexity index is 574. The molecule has 5 nitrogen and oxygen atoms in total. The summed E-state index contributed by atoms with van der Waals surface area (Å²) in [6, 6.07) is 4.18. The highest BCUT2D eigenvalue weighted by Gasteiger charge is 2.19. The van der Waals surface area contributed by atoms with E-state index in [1.165, 1.54) is 13.0 Å². The molecule has 3 heterocycles. The van der Waals surface area contributed by atoms with E-state index in [0.29, 0.717) is 17.0 Å². The van der Waals surface area contributed by atoms with Crippen LogP contribution < -0.4 is 5.32 Å². The number of pyridine rings is 1. The third kappa shape index (κ3) is 3.04. The van der Waals surface area contributed by atoms with E-state index < -0.39 is 0 Å². The number of rotatable bonds is 4. The Morgan fingerprint density at radius 1 is 1.35 bits per heavy atom. The summed E-state index contributed by atoms with van der Waals surface area (Å²) in [7, 11) is 0. The Hall–Kier alpha value is -1.33. The lowest BCUT2D eigenvalue weighted by atomic mass is 10.1. The average Bonchev–Trinajstić information content (AvgIpc) is 2.82. The van der Waals surface area contributed by atoms with Gasteiger partial charge in [0.25, 0.3) is 0 Å². The summed E-state index contributed by atoms with van der Waals surface area (Å²) in [4.78, 5) is 6.99. The molecule has 2 aromatic rings. The molecule has 0 saturated carbocycles. The van der Waals surface area contributed by atoms with Crippen molar-refractivity contribution in [1.82, 2.24) is 19.5 Å². The molecule has 1 aliphatic heterocycles. The monoisotopic (exact) mass is 293 g/mol. The van der Waals surface area contributed by atoms with Crippen LogP contribution in [0.3, 0.4) is 0 Å². The van der Waals surface area contributed by atoms with Crippen LogP contribution in [-0.4, -0.2) is 45.2 Å². The van der Waals surface area contributed by atoms with Crippen LogP contribution in [0.25, 0.3) is 5.65 Å². The van der Waals surface area contributed by atoms with Gasteiger partial charge >= 0.3 is 0 Å². The number of nitrogens with one attached hydrogen (secondary N) is 1. The number of piperidine rings is 1.